The third-order valence-corrected chi connectivity index (χ3v) is 2.61. The third-order valence-electron chi connectivity index (χ3n) is 2.61. The lowest BCUT2D eigenvalue weighted by molar-refractivity contribution is 0.653. The molecular weight excluding hydrogens is 200 g/mol. The Morgan fingerprint density at radius 1 is 1.38 bits per heavy atom. The number of hydrogen-bond donors (Lipinski definition) is 1. The van der Waals surface area contributed by atoms with Crippen LogP contribution in [-0.4, -0.2) is 14.8 Å². The summed E-state index contributed by atoms with van der Waals surface area (Å²) in [6.07, 6.45) is 5.69. The molecule has 0 bridgehead atoms. The molecule has 0 unspecified atom stereocenters. The minimum absolute atomic E-state index is 0.516. The summed E-state index contributed by atoms with van der Waals surface area (Å²) in [5.41, 5.74) is 9.89. The van der Waals surface area contributed by atoms with E-state index in [-0.39, 0.29) is 0 Å². The summed E-state index contributed by atoms with van der Waals surface area (Å²) >= 11 is 0. The van der Waals surface area contributed by atoms with Gasteiger partial charge in [-0.2, -0.15) is 5.10 Å². The Morgan fingerprint density at radius 2 is 2.19 bits per heavy atom. The van der Waals surface area contributed by atoms with Crippen LogP contribution in [0.5, 0.6) is 0 Å². The Hall–Kier alpha value is -1.68. The zero-order valence-corrected chi connectivity index (χ0v) is 9.64. The molecule has 2 aromatic rings. The lowest BCUT2D eigenvalue weighted by atomic mass is 10.1. The first-order valence-corrected chi connectivity index (χ1v) is 5.43. The number of nitrogens with two attached hydrogens (primary N) is 1. The van der Waals surface area contributed by atoms with Gasteiger partial charge in [0.2, 0.25) is 0 Å². The molecule has 2 N–H and O–H groups in total. The van der Waals surface area contributed by atoms with Gasteiger partial charge in [-0.25, -0.2) is 0 Å². The topological polar surface area (TPSA) is 56.7 Å². The van der Waals surface area contributed by atoms with Crippen LogP contribution in [0.1, 0.15) is 18.2 Å². The monoisotopic (exact) mass is 216 g/mol. The number of pyridine rings is 1. The molecule has 0 aromatic carbocycles. The molecule has 16 heavy (non-hydrogen) atoms. The van der Waals surface area contributed by atoms with Gasteiger partial charge in [-0.15, -0.1) is 0 Å². The van der Waals surface area contributed by atoms with Crippen molar-refractivity contribution in [2.75, 3.05) is 0 Å². The minimum atomic E-state index is 0.516. The van der Waals surface area contributed by atoms with E-state index < -0.39 is 0 Å². The first-order valence-electron chi connectivity index (χ1n) is 5.43. The molecule has 0 radical (unpaired) electrons. The van der Waals surface area contributed by atoms with Gasteiger partial charge in [0, 0.05) is 42.8 Å². The molecule has 0 amide bonds. The molecule has 2 rings (SSSR count). The minimum Gasteiger partial charge on any atom is -0.326 e. The Morgan fingerprint density at radius 3 is 2.81 bits per heavy atom. The molecule has 0 atom stereocenters. The number of rotatable bonds is 3. The van der Waals surface area contributed by atoms with E-state index in [1.165, 1.54) is 0 Å². The van der Waals surface area contributed by atoms with Crippen molar-refractivity contribution in [3.8, 4) is 11.1 Å². The average Bonchev–Trinajstić information content (AvgIpc) is 2.71. The Kier molecular flexibility index (Phi) is 3.01. The van der Waals surface area contributed by atoms with Crippen molar-refractivity contribution in [2.24, 2.45) is 5.73 Å². The molecule has 0 saturated heterocycles. The second-order valence-electron chi connectivity index (χ2n) is 3.77. The highest BCUT2D eigenvalue weighted by molar-refractivity contribution is 5.64. The van der Waals surface area contributed by atoms with Gasteiger partial charge in [0.05, 0.1) is 5.69 Å². The summed E-state index contributed by atoms with van der Waals surface area (Å²) in [5.74, 6) is 0. The first-order chi connectivity index (χ1) is 7.74. The molecule has 84 valence electrons. The van der Waals surface area contributed by atoms with E-state index in [0.717, 1.165) is 28.9 Å². The zero-order valence-electron chi connectivity index (χ0n) is 9.64. The predicted molar refractivity (Wildman–Crippen MR) is 63.8 cm³/mol. The van der Waals surface area contributed by atoms with Gasteiger partial charge < -0.3 is 5.73 Å². The fourth-order valence-electron chi connectivity index (χ4n) is 1.71. The fraction of sp³-hybridized carbons (Fsp3) is 0.333. The molecule has 0 aliphatic rings. The van der Waals surface area contributed by atoms with Crippen LogP contribution in [0.2, 0.25) is 0 Å². The van der Waals surface area contributed by atoms with Gasteiger partial charge in [-0.3, -0.25) is 9.67 Å². The van der Waals surface area contributed by atoms with Crippen LogP contribution in [-0.2, 0) is 13.1 Å². The van der Waals surface area contributed by atoms with Crippen LogP contribution >= 0.6 is 0 Å². The van der Waals surface area contributed by atoms with E-state index in [1.54, 1.807) is 6.20 Å². The fourth-order valence-corrected chi connectivity index (χ4v) is 1.71. The van der Waals surface area contributed by atoms with Crippen LogP contribution in [0.3, 0.4) is 0 Å². The summed E-state index contributed by atoms with van der Waals surface area (Å²) < 4.78 is 1.93. The van der Waals surface area contributed by atoms with Gasteiger partial charge in [-0.1, -0.05) is 0 Å². The standard InChI is InChI=1S/C12H16N4/c1-3-16-8-12(9(2)15-16)11-4-10(5-13)6-14-7-11/h4,6-8H,3,5,13H2,1-2H3. The average molecular weight is 216 g/mol. The normalized spacial score (nSPS) is 10.7. The summed E-state index contributed by atoms with van der Waals surface area (Å²) in [5, 5.41) is 4.42. The van der Waals surface area contributed by atoms with E-state index >= 15 is 0 Å². The maximum absolute atomic E-state index is 5.61. The predicted octanol–water partition coefficient (Wildman–Crippen LogP) is 1.73. The second kappa shape index (κ2) is 4.45. The van der Waals surface area contributed by atoms with Gasteiger partial charge in [0.1, 0.15) is 0 Å². The van der Waals surface area contributed by atoms with Gasteiger partial charge >= 0.3 is 0 Å². The van der Waals surface area contributed by atoms with E-state index in [9.17, 15) is 0 Å². The Labute approximate surface area is 95.1 Å². The van der Waals surface area contributed by atoms with Crippen molar-refractivity contribution in [3.63, 3.8) is 0 Å². The lowest BCUT2D eigenvalue weighted by Crippen LogP contribution is -1.97. The molecular formula is C12H16N4. The molecule has 0 aliphatic heterocycles. The van der Waals surface area contributed by atoms with Crippen LogP contribution in [0, 0.1) is 6.92 Å². The maximum atomic E-state index is 5.61. The van der Waals surface area contributed by atoms with Crippen molar-refractivity contribution in [1.29, 1.82) is 0 Å². The highest BCUT2D eigenvalue weighted by Crippen LogP contribution is 2.22. The Bertz CT molecular complexity index is 488. The van der Waals surface area contributed by atoms with E-state index in [4.69, 9.17) is 5.73 Å². The first kappa shape index (κ1) is 10.8. The quantitative estimate of drug-likeness (QED) is 0.850. The van der Waals surface area contributed by atoms with E-state index in [1.807, 2.05) is 24.0 Å². The van der Waals surface area contributed by atoms with Crippen LogP contribution in [0.25, 0.3) is 11.1 Å². The molecule has 0 fully saturated rings. The molecule has 0 aliphatic carbocycles. The number of aryl methyl sites for hydroxylation is 2. The molecule has 0 spiro atoms. The van der Waals surface area contributed by atoms with Crippen LogP contribution < -0.4 is 5.73 Å². The van der Waals surface area contributed by atoms with Crippen molar-refractivity contribution < 1.29 is 0 Å². The van der Waals surface area contributed by atoms with Gasteiger partial charge in [0.25, 0.3) is 0 Å². The second-order valence-corrected chi connectivity index (χ2v) is 3.77. The number of hydrogen-bond acceptors (Lipinski definition) is 3. The van der Waals surface area contributed by atoms with E-state index in [0.29, 0.717) is 6.54 Å². The molecule has 4 heteroatoms. The van der Waals surface area contributed by atoms with E-state index in [2.05, 4.69) is 23.1 Å². The number of aromatic nitrogens is 3. The van der Waals surface area contributed by atoms with Crippen LogP contribution in [0.15, 0.2) is 24.7 Å². The number of nitrogens with zero attached hydrogens (tertiary/aromatic N) is 3. The molecule has 2 heterocycles. The maximum Gasteiger partial charge on any atom is 0.0672 e. The summed E-state index contributed by atoms with van der Waals surface area (Å²) in [6.45, 7) is 5.48. The zero-order chi connectivity index (χ0) is 11.5. The summed E-state index contributed by atoms with van der Waals surface area (Å²) in [7, 11) is 0. The highest BCUT2D eigenvalue weighted by atomic mass is 15.3. The largest absolute Gasteiger partial charge is 0.326 e. The van der Waals surface area contributed by atoms with Crippen molar-refractivity contribution >= 4 is 0 Å². The van der Waals surface area contributed by atoms with Crippen LogP contribution in [0.4, 0.5) is 0 Å². The molecule has 0 saturated carbocycles. The summed E-state index contributed by atoms with van der Waals surface area (Å²) in [6, 6.07) is 2.07. The molecule has 4 nitrogen and oxygen atoms in total. The SMILES string of the molecule is CCn1cc(-c2cncc(CN)c2)c(C)n1. The van der Waals surface area contributed by atoms with Gasteiger partial charge in [-0.05, 0) is 25.5 Å². The smallest absolute Gasteiger partial charge is 0.0672 e. The van der Waals surface area contributed by atoms with Gasteiger partial charge in [0.15, 0.2) is 0 Å². The molecule has 2 aromatic heterocycles. The lowest BCUT2D eigenvalue weighted by Gasteiger charge is -2.01. The highest BCUT2D eigenvalue weighted by Gasteiger charge is 2.07. The summed E-state index contributed by atoms with van der Waals surface area (Å²) in [4.78, 5) is 4.19. The Balaban J connectivity index is 2.45. The van der Waals surface area contributed by atoms with Crippen molar-refractivity contribution in [2.45, 2.75) is 26.9 Å². The third kappa shape index (κ3) is 1.97. The van der Waals surface area contributed by atoms with Crippen molar-refractivity contribution in [3.05, 3.63) is 35.9 Å². The van der Waals surface area contributed by atoms with Crippen molar-refractivity contribution in [1.82, 2.24) is 14.8 Å².